The van der Waals surface area contributed by atoms with E-state index in [-0.39, 0.29) is 12.3 Å². The molecular weight excluding hydrogens is 226 g/mol. The van der Waals surface area contributed by atoms with Crippen molar-refractivity contribution in [2.75, 3.05) is 0 Å². The number of rotatable bonds is 5. The molecule has 1 heterocycles. The van der Waals surface area contributed by atoms with Gasteiger partial charge in [0.05, 0.1) is 6.42 Å². The Balaban J connectivity index is 3.21. The van der Waals surface area contributed by atoms with Gasteiger partial charge in [-0.15, -0.1) is 0 Å². The maximum absolute atomic E-state index is 11.0. The Bertz CT molecular complexity index is 430. The number of aromatic nitrogens is 1. The van der Waals surface area contributed by atoms with E-state index in [0.29, 0.717) is 12.0 Å². The van der Waals surface area contributed by atoms with Gasteiger partial charge in [0.15, 0.2) is 0 Å². The van der Waals surface area contributed by atoms with Crippen LogP contribution in [0.1, 0.15) is 63.0 Å². The highest BCUT2D eigenvalue weighted by molar-refractivity contribution is 5.68. The third-order valence-corrected chi connectivity index (χ3v) is 3.64. The Morgan fingerprint density at radius 3 is 2.17 bits per heavy atom. The lowest BCUT2D eigenvalue weighted by molar-refractivity contribution is -0.137. The second kappa shape index (κ2) is 5.59. The summed E-state index contributed by atoms with van der Waals surface area (Å²) in [6.45, 7) is 12.7. The van der Waals surface area contributed by atoms with Crippen LogP contribution in [0.2, 0.25) is 0 Å². The SMILES string of the molecule is Cc1cc(C(CC(=O)O)C(C)C)c(C)n1C(C)C. The molecule has 1 aromatic rings. The fourth-order valence-electron chi connectivity index (χ4n) is 2.87. The van der Waals surface area contributed by atoms with E-state index in [1.807, 2.05) is 0 Å². The number of carbonyl (C=O) groups is 1. The van der Waals surface area contributed by atoms with Gasteiger partial charge in [0.1, 0.15) is 0 Å². The quantitative estimate of drug-likeness (QED) is 0.862. The molecular formula is C15H25NO2. The molecule has 1 unspecified atom stereocenters. The Hall–Kier alpha value is -1.25. The van der Waals surface area contributed by atoms with Crippen LogP contribution < -0.4 is 0 Å². The van der Waals surface area contributed by atoms with Crippen LogP contribution in [0.25, 0.3) is 0 Å². The van der Waals surface area contributed by atoms with E-state index in [1.165, 1.54) is 17.0 Å². The lowest BCUT2D eigenvalue weighted by Crippen LogP contribution is -2.13. The zero-order valence-electron chi connectivity index (χ0n) is 12.3. The van der Waals surface area contributed by atoms with E-state index in [1.54, 1.807) is 0 Å². The summed E-state index contributed by atoms with van der Waals surface area (Å²) < 4.78 is 2.28. The lowest BCUT2D eigenvalue weighted by Gasteiger charge is -2.20. The summed E-state index contributed by atoms with van der Waals surface area (Å²) in [7, 11) is 0. The molecule has 0 aliphatic heterocycles. The largest absolute Gasteiger partial charge is 0.481 e. The minimum absolute atomic E-state index is 0.0983. The maximum atomic E-state index is 11.0. The molecule has 1 atom stereocenters. The van der Waals surface area contributed by atoms with Gasteiger partial charge in [0, 0.05) is 17.4 Å². The molecule has 1 N–H and O–H groups in total. The molecule has 3 nitrogen and oxygen atoms in total. The van der Waals surface area contributed by atoms with E-state index in [4.69, 9.17) is 5.11 Å². The van der Waals surface area contributed by atoms with Crippen molar-refractivity contribution in [3.63, 3.8) is 0 Å². The summed E-state index contributed by atoms with van der Waals surface area (Å²) in [5.74, 6) is -0.286. The van der Waals surface area contributed by atoms with Gasteiger partial charge in [-0.3, -0.25) is 4.79 Å². The highest BCUT2D eigenvalue weighted by atomic mass is 16.4. The minimum Gasteiger partial charge on any atom is -0.481 e. The number of aryl methyl sites for hydroxylation is 1. The molecule has 1 rings (SSSR count). The van der Waals surface area contributed by atoms with E-state index >= 15 is 0 Å². The van der Waals surface area contributed by atoms with Crippen LogP contribution in [0.4, 0.5) is 0 Å². The van der Waals surface area contributed by atoms with Gasteiger partial charge in [-0.1, -0.05) is 13.8 Å². The van der Waals surface area contributed by atoms with Crippen LogP contribution in [0.15, 0.2) is 6.07 Å². The molecule has 0 fully saturated rings. The predicted octanol–water partition coefficient (Wildman–Crippen LogP) is 3.90. The summed E-state index contributed by atoms with van der Waals surface area (Å²) in [6.07, 6.45) is 0.208. The average Bonchev–Trinajstić information content (AvgIpc) is 2.49. The third-order valence-electron chi connectivity index (χ3n) is 3.64. The standard InChI is InChI=1S/C15H25NO2/c1-9(2)13(8-15(17)18)14-7-11(5)16(10(3)4)12(14)6/h7,9-10,13H,8H2,1-6H3,(H,17,18). The molecule has 3 heteroatoms. The maximum Gasteiger partial charge on any atom is 0.303 e. The van der Waals surface area contributed by atoms with Gasteiger partial charge in [-0.25, -0.2) is 0 Å². The van der Waals surface area contributed by atoms with Crippen LogP contribution >= 0.6 is 0 Å². The van der Waals surface area contributed by atoms with Gasteiger partial charge in [-0.05, 0) is 51.2 Å². The van der Waals surface area contributed by atoms with Crippen LogP contribution in [0, 0.1) is 19.8 Å². The molecule has 0 saturated carbocycles. The van der Waals surface area contributed by atoms with E-state index in [0.717, 1.165) is 0 Å². The first-order valence-corrected chi connectivity index (χ1v) is 6.65. The Kier molecular flexibility index (Phi) is 4.60. The summed E-state index contributed by atoms with van der Waals surface area (Å²) >= 11 is 0. The molecule has 0 aliphatic rings. The number of aliphatic carboxylic acids is 1. The van der Waals surface area contributed by atoms with Crippen molar-refractivity contribution >= 4 is 5.97 Å². The van der Waals surface area contributed by atoms with E-state index in [9.17, 15) is 4.79 Å². The molecule has 102 valence electrons. The van der Waals surface area contributed by atoms with Gasteiger partial charge in [0.25, 0.3) is 0 Å². The summed E-state index contributed by atoms with van der Waals surface area (Å²) in [6, 6.07) is 2.57. The van der Waals surface area contributed by atoms with Crippen molar-refractivity contribution in [1.82, 2.24) is 4.57 Å². The molecule has 0 radical (unpaired) electrons. The molecule has 0 aliphatic carbocycles. The van der Waals surface area contributed by atoms with Gasteiger partial charge >= 0.3 is 5.97 Å². The first kappa shape index (κ1) is 14.8. The zero-order valence-corrected chi connectivity index (χ0v) is 12.3. The average molecular weight is 251 g/mol. The highest BCUT2D eigenvalue weighted by Gasteiger charge is 2.24. The predicted molar refractivity (Wildman–Crippen MR) is 74.1 cm³/mol. The van der Waals surface area contributed by atoms with Crippen molar-refractivity contribution in [3.8, 4) is 0 Å². The van der Waals surface area contributed by atoms with E-state index in [2.05, 4.69) is 52.2 Å². The molecule has 18 heavy (non-hydrogen) atoms. The summed E-state index contributed by atoms with van der Waals surface area (Å²) in [5, 5.41) is 9.06. The molecule has 0 saturated heterocycles. The number of carboxylic acids is 1. The van der Waals surface area contributed by atoms with Crippen LogP contribution in [-0.4, -0.2) is 15.6 Å². The lowest BCUT2D eigenvalue weighted by atomic mass is 9.86. The minimum atomic E-state index is -0.719. The van der Waals surface area contributed by atoms with Crippen LogP contribution in [0.5, 0.6) is 0 Å². The Labute approximate surface area is 110 Å². The second-order valence-electron chi connectivity index (χ2n) is 5.74. The van der Waals surface area contributed by atoms with Crippen molar-refractivity contribution in [2.24, 2.45) is 5.92 Å². The molecule has 0 bridgehead atoms. The van der Waals surface area contributed by atoms with Crippen molar-refractivity contribution in [1.29, 1.82) is 0 Å². The van der Waals surface area contributed by atoms with Gasteiger partial charge in [0.2, 0.25) is 0 Å². The van der Waals surface area contributed by atoms with Crippen molar-refractivity contribution < 1.29 is 9.90 Å². The number of hydrogen-bond donors (Lipinski definition) is 1. The number of hydrogen-bond acceptors (Lipinski definition) is 1. The Morgan fingerprint density at radius 1 is 1.28 bits per heavy atom. The van der Waals surface area contributed by atoms with Gasteiger partial charge < -0.3 is 9.67 Å². The first-order chi connectivity index (χ1) is 8.25. The normalized spacial score (nSPS) is 13.3. The van der Waals surface area contributed by atoms with Crippen molar-refractivity contribution in [2.45, 2.75) is 59.9 Å². The van der Waals surface area contributed by atoms with E-state index < -0.39 is 5.97 Å². The summed E-state index contributed by atoms with van der Waals surface area (Å²) in [4.78, 5) is 11.0. The topological polar surface area (TPSA) is 42.2 Å². The molecule has 0 amide bonds. The summed E-state index contributed by atoms with van der Waals surface area (Å²) in [5.41, 5.74) is 3.62. The van der Waals surface area contributed by atoms with Crippen LogP contribution in [-0.2, 0) is 4.79 Å². The first-order valence-electron chi connectivity index (χ1n) is 6.65. The second-order valence-corrected chi connectivity index (χ2v) is 5.74. The molecule has 0 spiro atoms. The fourth-order valence-corrected chi connectivity index (χ4v) is 2.87. The number of carboxylic acid groups (broad SMARTS) is 1. The van der Waals surface area contributed by atoms with Crippen molar-refractivity contribution in [3.05, 3.63) is 23.0 Å². The third kappa shape index (κ3) is 2.95. The monoisotopic (exact) mass is 251 g/mol. The van der Waals surface area contributed by atoms with Crippen LogP contribution in [0.3, 0.4) is 0 Å². The molecule has 0 aromatic carbocycles. The smallest absolute Gasteiger partial charge is 0.303 e. The fraction of sp³-hybridized carbons (Fsp3) is 0.667. The molecule has 1 aromatic heterocycles. The Morgan fingerprint density at radius 2 is 1.83 bits per heavy atom. The van der Waals surface area contributed by atoms with Gasteiger partial charge in [-0.2, -0.15) is 0 Å². The highest BCUT2D eigenvalue weighted by Crippen LogP contribution is 2.33. The number of nitrogens with zero attached hydrogens (tertiary/aromatic N) is 1. The zero-order chi connectivity index (χ0) is 14.0.